The normalized spacial score (nSPS) is 20.6. The fourth-order valence-electron chi connectivity index (χ4n) is 2.11. The minimum Gasteiger partial charge on any atom is -0.212 e. The van der Waals surface area contributed by atoms with Gasteiger partial charge in [0.25, 0.3) is 0 Å². The van der Waals surface area contributed by atoms with E-state index in [1.54, 1.807) is 14.0 Å². The molecule has 0 aliphatic heterocycles. The van der Waals surface area contributed by atoms with Crippen molar-refractivity contribution >= 4 is 10.0 Å². The Bertz CT molecular complexity index is 353. The first-order chi connectivity index (χ1) is 7.50. The molecule has 0 bridgehead atoms. The largest absolute Gasteiger partial charge is 0.217 e. The van der Waals surface area contributed by atoms with Crippen molar-refractivity contribution in [2.75, 3.05) is 7.05 Å². The van der Waals surface area contributed by atoms with Crippen LogP contribution in [0.1, 0.15) is 45.4 Å². The van der Waals surface area contributed by atoms with Gasteiger partial charge in [-0.2, -0.15) is 5.26 Å². The number of hydrogen-bond acceptors (Lipinski definition) is 3. The second-order valence-electron chi connectivity index (χ2n) is 4.53. The van der Waals surface area contributed by atoms with Crippen molar-refractivity contribution in [3.63, 3.8) is 0 Å². The van der Waals surface area contributed by atoms with Crippen molar-refractivity contribution < 1.29 is 8.42 Å². The Morgan fingerprint density at radius 1 is 1.38 bits per heavy atom. The van der Waals surface area contributed by atoms with E-state index in [1.165, 1.54) is 4.31 Å². The molecular formula is C11H20N2O2S. The number of sulfonamides is 1. The average Bonchev–Trinajstić information content (AvgIpc) is 2.29. The third-order valence-corrected chi connectivity index (χ3v) is 5.86. The summed E-state index contributed by atoms with van der Waals surface area (Å²) < 4.78 is 25.8. The van der Waals surface area contributed by atoms with Gasteiger partial charge in [0.2, 0.25) is 10.0 Å². The van der Waals surface area contributed by atoms with E-state index in [2.05, 4.69) is 0 Å². The first-order valence-corrected chi connectivity index (χ1v) is 7.34. The summed E-state index contributed by atoms with van der Waals surface area (Å²) >= 11 is 0. The van der Waals surface area contributed by atoms with Crippen LogP contribution in [0.2, 0.25) is 0 Å². The topological polar surface area (TPSA) is 61.2 Å². The highest BCUT2D eigenvalue weighted by atomic mass is 32.2. The van der Waals surface area contributed by atoms with E-state index in [4.69, 9.17) is 5.26 Å². The van der Waals surface area contributed by atoms with E-state index in [9.17, 15) is 8.42 Å². The van der Waals surface area contributed by atoms with Crippen LogP contribution in [0.5, 0.6) is 0 Å². The second kappa shape index (κ2) is 5.65. The van der Waals surface area contributed by atoms with Crippen molar-refractivity contribution in [3.05, 3.63) is 0 Å². The molecule has 0 aromatic rings. The van der Waals surface area contributed by atoms with E-state index in [1.807, 2.05) is 6.07 Å². The van der Waals surface area contributed by atoms with Crippen molar-refractivity contribution in [2.24, 2.45) is 0 Å². The molecule has 1 saturated carbocycles. The number of nitrogens with zero attached hydrogens (tertiary/aromatic N) is 2. The summed E-state index contributed by atoms with van der Waals surface area (Å²) in [7, 11) is -1.61. The predicted octanol–water partition coefficient (Wildman–Crippen LogP) is 1.88. The molecule has 1 atom stereocenters. The van der Waals surface area contributed by atoms with E-state index in [-0.39, 0.29) is 17.7 Å². The molecule has 4 nitrogen and oxygen atoms in total. The number of hydrogen-bond donors (Lipinski definition) is 0. The SMILES string of the molecule is CC(CC#N)N(C)S(=O)(=O)C1CCCCC1. The maximum absolute atomic E-state index is 12.2. The van der Waals surface area contributed by atoms with Crippen molar-refractivity contribution in [1.82, 2.24) is 4.31 Å². The van der Waals surface area contributed by atoms with Gasteiger partial charge in [-0.3, -0.25) is 0 Å². The highest BCUT2D eigenvalue weighted by Crippen LogP contribution is 2.26. The second-order valence-corrected chi connectivity index (χ2v) is 6.81. The third-order valence-electron chi connectivity index (χ3n) is 3.38. The molecule has 1 aliphatic carbocycles. The Hall–Kier alpha value is -0.600. The third kappa shape index (κ3) is 2.96. The lowest BCUT2D eigenvalue weighted by Crippen LogP contribution is -2.41. The Morgan fingerprint density at radius 3 is 2.44 bits per heavy atom. The zero-order chi connectivity index (χ0) is 12.2. The van der Waals surface area contributed by atoms with Crippen LogP contribution in [0.15, 0.2) is 0 Å². The van der Waals surface area contributed by atoms with Gasteiger partial charge in [-0.1, -0.05) is 19.3 Å². The molecule has 0 heterocycles. The minimum absolute atomic E-state index is 0.225. The molecule has 1 rings (SSSR count). The molecular weight excluding hydrogens is 224 g/mol. The monoisotopic (exact) mass is 244 g/mol. The summed E-state index contributed by atoms with van der Waals surface area (Å²) in [5.41, 5.74) is 0. The van der Waals surface area contributed by atoms with Gasteiger partial charge in [0, 0.05) is 13.1 Å². The van der Waals surface area contributed by atoms with Gasteiger partial charge in [-0.05, 0) is 19.8 Å². The molecule has 0 aromatic carbocycles. The fourth-order valence-corrected chi connectivity index (χ4v) is 4.09. The van der Waals surface area contributed by atoms with Crippen molar-refractivity contribution in [2.45, 2.75) is 56.7 Å². The summed E-state index contributed by atoms with van der Waals surface area (Å²) in [6, 6.07) is 1.79. The van der Waals surface area contributed by atoms with Gasteiger partial charge in [0.05, 0.1) is 17.7 Å². The highest BCUT2D eigenvalue weighted by Gasteiger charge is 2.32. The highest BCUT2D eigenvalue weighted by molar-refractivity contribution is 7.89. The van der Waals surface area contributed by atoms with Crippen LogP contribution in [0, 0.1) is 11.3 Å². The molecule has 5 heteroatoms. The maximum Gasteiger partial charge on any atom is 0.217 e. The zero-order valence-electron chi connectivity index (χ0n) is 10.0. The molecule has 1 fully saturated rings. The van der Waals surface area contributed by atoms with Gasteiger partial charge in [-0.25, -0.2) is 12.7 Å². The summed E-state index contributed by atoms with van der Waals surface area (Å²) in [5.74, 6) is 0. The molecule has 0 N–H and O–H groups in total. The molecule has 1 unspecified atom stereocenters. The van der Waals surface area contributed by atoms with E-state index < -0.39 is 10.0 Å². The lowest BCUT2D eigenvalue weighted by atomic mass is 10.0. The standard InChI is InChI=1S/C11H20N2O2S/c1-10(8-9-12)13(2)16(14,15)11-6-4-3-5-7-11/h10-11H,3-8H2,1-2H3. The van der Waals surface area contributed by atoms with Crippen LogP contribution in [-0.2, 0) is 10.0 Å². The Labute approximate surface area is 98.3 Å². The van der Waals surface area contributed by atoms with Gasteiger partial charge in [-0.15, -0.1) is 0 Å². The maximum atomic E-state index is 12.2. The van der Waals surface area contributed by atoms with Crippen molar-refractivity contribution in [1.29, 1.82) is 5.26 Å². The fraction of sp³-hybridized carbons (Fsp3) is 0.909. The average molecular weight is 244 g/mol. The van der Waals surface area contributed by atoms with Gasteiger partial charge in [0.15, 0.2) is 0 Å². The molecule has 0 spiro atoms. The summed E-state index contributed by atoms with van der Waals surface area (Å²) in [4.78, 5) is 0. The predicted molar refractivity (Wildman–Crippen MR) is 63.2 cm³/mol. The molecule has 0 saturated heterocycles. The molecule has 92 valence electrons. The molecule has 0 radical (unpaired) electrons. The van der Waals surface area contributed by atoms with Gasteiger partial charge >= 0.3 is 0 Å². The van der Waals surface area contributed by atoms with Crippen LogP contribution < -0.4 is 0 Å². The van der Waals surface area contributed by atoms with E-state index in [0.29, 0.717) is 0 Å². The first kappa shape index (κ1) is 13.5. The van der Waals surface area contributed by atoms with Crippen LogP contribution in [-0.4, -0.2) is 31.1 Å². The van der Waals surface area contributed by atoms with Crippen LogP contribution >= 0.6 is 0 Å². The zero-order valence-corrected chi connectivity index (χ0v) is 10.8. The molecule has 1 aliphatic rings. The van der Waals surface area contributed by atoms with Crippen LogP contribution in [0.25, 0.3) is 0 Å². The summed E-state index contributed by atoms with van der Waals surface area (Å²) in [6.45, 7) is 1.78. The van der Waals surface area contributed by atoms with E-state index >= 15 is 0 Å². The summed E-state index contributed by atoms with van der Waals surface area (Å²) in [6.07, 6.45) is 4.94. The van der Waals surface area contributed by atoms with Gasteiger partial charge in [0.1, 0.15) is 0 Å². The lowest BCUT2D eigenvalue weighted by Gasteiger charge is -2.29. The minimum atomic E-state index is -3.20. The summed E-state index contributed by atoms with van der Waals surface area (Å²) in [5, 5.41) is 8.36. The Balaban J connectivity index is 2.72. The molecule has 0 amide bonds. The lowest BCUT2D eigenvalue weighted by molar-refractivity contribution is 0.373. The first-order valence-electron chi connectivity index (χ1n) is 5.84. The van der Waals surface area contributed by atoms with Crippen LogP contribution in [0.3, 0.4) is 0 Å². The van der Waals surface area contributed by atoms with E-state index in [0.717, 1.165) is 32.1 Å². The molecule has 16 heavy (non-hydrogen) atoms. The Morgan fingerprint density at radius 2 is 1.94 bits per heavy atom. The Kier molecular flexibility index (Phi) is 4.75. The quantitative estimate of drug-likeness (QED) is 0.758. The van der Waals surface area contributed by atoms with Crippen molar-refractivity contribution in [3.8, 4) is 6.07 Å². The molecule has 0 aromatic heterocycles. The number of rotatable bonds is 4. The van der Waals surface area contributed by atoms with Gasteiger partial charge < -0.3 is 0 Å². The number of nitriles is 1. The smallest absolute Gasteiger partial charge is 0.212 e. The van der Waals surface area contributed by atoms with Crippen LogP contribution in [0.4, 0.5) is 0 Å².